The minimum Gasteiger partial charge on any atom is -0.346 e. The molecule has 68 valence electrons. The summed E-state index contributed by atoms with van der Waals surface area (Å²) in [6.45, 7) is 15.0. The third kappa shape index (κ3) is 31.9. The third-order valence-electron chi connectivity index (χ3n) is 0.556. The smallest absolute Gasteiger partial charge is 0.346 e. The molecule has 0 radical (unpaired) electrons. The van der Waals surface area contributed by atoms with E-state index in [1.54, 1.807) is 20.8 Å². The Morgan fingerprint density at radius 2 is 1.00 bits per heavy atom. The van der Waals surface area contributed by atoms with Crippen molar-refractivity contribution in [2.75, 3.05) is 0 Å². The van der Waals surface area contributed by atoms with Gasteiger partial charge >= 0.3 is 26.2 Å². The van der Waals surface area contributed by atoms with Crippen LogP contribution in [0.3, 0.4) is 0 Å². The van der Waals surface area contributed by atoms with Gasteiger partial charge in [0.1, 0.15) is 0 Å². The molecule has 0 N–H and O–H groups in total. The molecule has 1 heteroatoms. The van der Waals surface area contributed by atoms with Crippen molar-refractivity contribution in [3.8, 4) is 0 Å². The second-order valence-corrected chi connectivity index (χ2v) is 0.962. The molecular weight excluding hydrogens is 223 g/mol. The Hall–Kier alpha value is 0.233. The van der Waals surface area contributed by atoms with Gasteiger partial charge in [-0.25, -0.2) is 12.1 Å². The van der Waals surface area contributed by atoms with Crippen molar-refractivity contribution in [1.29, 1.82) is 0 Å². The van der Waals surface area contributed by atoms with E-state index < -0.39 is 0 Å². The zero-order valence-corrected chi connectivity index (χ0v) is 11.0. The van der Waals surface area contributed by atoms with Crippen LogP contribution < -0.4 is 0 Å². The maximum atomic E-state index is 3.25. The summed E-state index contributed by atoms with van der Waals surface area (Å²) in [5.41, 5.74) is 0. The van der Waals surface area contributed by atoms with Gasteiger partial charge in [-0.3, -0.25) is 0 Å². The molecule has 0 aliphatic carbocycles. The molecule has 0 aliphatic rings. The summed E-state index contributed by atoms with van der Waals surface area (Å²) in [4.78, 5) is 0. The van der Waals surface area contributed by atoms with Crippen molar-refractivity contribution in [3.63, 3.8) is 0 Å². The maximum Gasteiger partial charge on any atom is 4.00 e. The fourth-order valence-corrected chi connectivity index (χ4v) is 0.321. The van der Waals surface area contributed by atoms with Gasteiger partial charge in [-0.05, 0) is 0 Å². The predicted octanol–water partition coefficient (Wildman–Crippen LogP) is 3.92. The molecule has 0 aliphatic heterocycles. The molecule has 0 nitrogen and oxygen atoms in total. The average molecular weight is 244 g/mol. The summed E-state index contributed by atoms with van der Waals surface area (Å²) < 4.78 is 0. The van der Waals surface area contributed by atoms with Crippen LogP contribution in [0.15, 0.2) is 30.3 Å². The first-order valence-electron chi connectivity index (χ1n) is 3.79. The van der Waals surface area contributed by atoms with E-state index in [0.29, 0.717) is 0 Å². The van der Waals surface area contributed by atoms with Gasteiger partial charge in [0, 0.05) is 0 Å². The molecule has 0 aromatic heterocycles. The van der Waals surface area contributed by atoms with Gasteiger partial charge in [-0.15, -0.1) is 0 Å². The maximum absolute atomic E-state index is 3.25. The van der Waals surface area contributed by atoms with Crippen molar-refractivity contribution in [2.24, 2.45) is 0 Å². The van der Waals surface area contributed by atoms with Crippen LogP contribution in [-0.2, 0) is 26.2 Å². The zero-order chi connectivity index (χ0) is 9.54. The first-order chi connectivity index (χ1) is 5.50. The zero-order valence-electron chi connectivity index (χ0n) is 8.51. The minimum absolute atomic E-state index is 0. The normalized spacial score (nSPS) is 4.83. The Morgan fingerprint density at radius 1 is 0.750 bits per heavy atom. The molecule has 12 heavy (non-hydrogen) atoms. The van der Waals surface area contributed by atoms with Gasteiger partial charge in [0.05, 0.1) is 0 Å². The van der Waals surface area contributed by atoms with E-state index in [2.05, 4.69) is 20.8 Å². The number of rotatable bonds is 0. The summed E-state index contributed by atoms with van der Waals surface area (Å²) in [7, 11) is 0. The topological polar surface area (TPSA) is 0 Å². The van der Waals surface area contributed by atoms with Gasteiger partial charge in [0.25, 0.3) is 0 Å². The van der Waals surface area contributed by atoms with Crippen molar-refractivity contribution < 1.29 is 26.2 Å². The Labute approximate surface area is 97.9 Å². The molecule has 0 unspecified atom stereocenters. The summed E-state index contributed by atoms with van der Waals surface area (Å²) in [6.07, 6.45) is 0. The van der Waals surface area contributed by atoms with E-state index in [-0.39, 0.29) is 26.2 Å². The SMILES string of the molecule is [CH2-]C.[CH2-]C.[CH2-]C.[Zr+4].c1cc[cH-]c1. The molecule has 0 atom stereocenters. The van der Waals surface area contributed by atoms with Gasteiger partial charge in [-0.1, -0.05) is 0 Å². The van der Waals surface area contributed by atoms with Crippen LogP contribution in [0.25, 0.3) is 0 Å². The fourth-order valence-electron chi connectivity index (χ4n) is 0.321. The van der Waals surface area contributed by atoms with Crippen LogP contribution in [0.2, 0.25) is 0 Å². The summed E-state index contributed by atoms with van der Waals surface area (Å²) in [5.74, 6) is 0. The quantitative estimate of drug-likeness (QED) is 0.606. The first kappa shape index (κ1) is 22.8. The molecule has 1 aromatic carbocycles. The third-order valence-corrected chi connectivity index (χ3v) is 0.556. The van der Waals surface area contributed by atoms with Gasteiger partial charge in [-0.2, -0.15) is 39.0 Å². The van der Waals surface area contributed by atoms with Gasteiger partial charge in [0.2, 0.25) is 0 Å². The molecule has 0 fully saturated rings. The molecule has 0 heterocycles. The molecule has 0 saturated carbocycles. The van der Waals surface area contributed by atoms with E-state index in [1.807, 2.05) is 30.3 Å². The largest absolute Gasteiger partial charge is 4.00 e. The molecule has 1 aromatic rings. The van der Waals surface area contributed by atoms with Crippen molar-refractivity contribution in [3.05, 3.63) is 51.1 Å². The van der Waals surface area contributed by atoms with E-state index in [4.69, 9.17) is 0 Å². The summed E-state index contributed by atoms with van der Waals surface area (Å²) in [6, 6.07) is 10.0. The van der Waals surface area contributed by atoms with Crippen LogP contribution >= 0.6 is 0 Å². The standard InChI is InChI=1S/C5H5.3C2H5.Zr/c1-2-4-5-3-1;3*1-2;/h1-5H;3*1H2,2H3;/q4*-1;+4. The minimum atomic E-state index is 0. The monoisotopic (exact) mass is 242 g/mol. The Bertz CT molecular complexity index is 61.5. The van der Waals surface area contributed by atoms with Gasteiger partial charge < -0.3 is 20.8 Å². The van der Waals surface area contributed by atoms with Crippen molar-refractivity contribution in [1.82, 2.24) is 0 Å². The van der Waals surface area contributed by atoms with Crippen LogP contribution in [0.1, 0.15) is 20.8 Å². The van der Waals surface area contributed by atoms with Crippen molar-refractivity contribution >= 4 is 0 Å². The first-order valence-corrected chi connectivity index (χ1v) is 3.79. The summed E-state index contributed by atoms with van der Waals surface area (Å²) in [5, 5.41) is 0. The van der Waals surface area contributed by atoms with Crippen LogP contribution in [0.4, 0.5) is 0 Å². The molecule has 0 amide bonds. The number of hydrogen-bond donors (Lipinski definition) is 0. The fraction of sp³-hybridized carbons (Fsp3) is 0.273. The van der Waals surface area contributed by atoms with E-state index >= 15 is 0 Å². The second kappa shape index (κ2) is 43.0. The van der Waals surface area contributed by atoms with Gasteiger partial charge in [0.15, 0.2) is 0 Å². The molecular formula is C11H20Zr. The van der Waals surface area contributed by atoms with E-state index in [0.717, 1.165) is 0 Å². The Balaban J connectivity index is -0.0000000406. The molecule has 0 spiro atoms. The van der Waals surface area contributed by atoms with E-state index in [9.17, 15) is 0 Å². The molecule has 0 saturated heterocycles. The van der Waals surface area contributed by atoms with Crippen molar-refractivity contribution in [2.45, 2.75) is 20.8 Å². The average Bonchev–Trinajstić information content (AvgIpc) is 2.71. The summed E-state index contributed by atoms with van der Waals surface area (Å²) >= 11 is 0. The Morgan fingerprint density at radius 3 is 1.08 bits per heavy atom. The van der Waals surface area contributed by atoms with Crippen LogP contribution in [0.5, 0.6) is 0 Å². The van der Waals surface area contributed by atoms with E-state index in [1.165, 1.54) is 0 Å². The number of hydrogen-bond acceptors (Lipinski definition) is 0. The predicted molar refractivity (Wildman–Crippen MR) is 55.1 cm³/mol. The Kier molecular flexibility index (Phi) is 81.5. The molecule has 0 bridgehead atoms. The molecule has 1 rings (SSSR count). The van der Waals surface area contributed by atoms with Crippen LogP contribution in [-0.4, -0.2) is 0 Å². The second-order valence-electron chi connectivity index (χ2n) is 0.962. The van der Waals surface area contributed by atoms with Crippen LogP contribution in [0, 0.1) is 20.8 Å².